The molecule has 0 atom stereocenters. The lowest BCUT2D eigenvalue weighted by Gasteiger charge is -2.24. The third-order valence-corrected chi connectivity index (χ3v) is 3.01. The maximum Gasteiger partial charge on any atom is 0.251 e. The number of hydrogen-bond acceptors (Lipinski definition) is 2. The van der Waals surface area contributed by atoms with E-state index in [-0.39, 0.29) is 11.5 Å². The third-order valence-electron chi connectivity index (χ3n) is 2.33. The summed E-state index contributed by atoms with van der Waals surface area (Å²) >= 11 is 9.21. The molecule has 0 spiro atoms. The fourth-order valence-corrected chi connectivity index (χ4v) is 2.38. The smallest absolute Gasteiger partial charge is 0.251 e. The van der Waals surface area contributed by atoms with Crippen LogP contribution in [0.1, 0.15) is 31.1 Å². The lowest BCUT2D eigenvalue weighted by Crippen LogP contribution is -2.40. The van der Waals surface area contributed by atoms with E-state index < -0.39 is 0 Å². The van der Waals surface area contributed by atoms with E-state index in [4.69, 9.17) is 16.3 Å². The van der Waals surface area contributed by atoms with Gasteiger partial charge in [0.2, 0.25) is 0 Å². The molecular weight excluding hydrogens is 318 g/mol. The van der Waals surface area contributed by atoms with E-state index in [1.54, 1.807) is 18.2 Å². The van der Waals surface area contributed by atoms with E-state index in [0.717, 1.165) is 4.47 Å². The van der Waals surface area contributed by atoms with Crippen LogP contribution < -0.4 is 5.32 Å². The molecule has 0 bridgehead atoms. The first-order valence-corrected chi connectivity index (χ1v) is 6.89. The molecule has 0 saturated carbocycles. The van der Waals surface area contributed by atoms with Crippen LogP contribution in [-0.2, 0) is 4.74 Å². The molecule has 1 N–H and O–H groups in total. The Balaban J connectivity index is 2.66. The van der Waals surface area contributed by atoms with Gasteiger partial charge in [-0.25, -0.2) is 0 Å². The van der Waals surface area contributed by atoms with Gasteiger partial charge >= 0.3 is 0 Å². The monoisotopic (exact) mass is 333 g/mol. The van der Waals surface area contributed by atoms with Gasteiger partial charge in [-0.05, 0) is 39.0 Å². The van der Waals surface area contributed by atoms with Gasteiger partial charge < -0.3 is 10.1 Å². The molecule has 3 nitrogen and oxygen atoms in total. The Morgan fingerprint density at radius 1 is 1.44 bits per heavy atom. The molecule has 1 aromatic carbocycles. The Kier molecular flexibility index (Phi) is 5.63. The van der Waals surface area contributed by atoms with Crippen molar-refractivity contribution in [3.8, 4) is 0 Å². The highest BCUT2D eigenvalue weighted by Crippen LogP contribution is 2.19. The summed E-state index contributed by atoms with van der Waals surface area (Å²) in [6.07, 6.45) is 0. The van der Waals surface area contributed by atoms with Crippen molar-refractivity contribution in [1.29, 1.82) is 0 Å². The topological polar surface area (TPSA) is 38.3 Å². The second kappa shape index (κ2) is 6.55. The molecule has 0 fully saturated rings. The highest BCUT2D eigenvalue weighted by atomic mass is 79.9. The number of carbonyl (C=O) groups excluding carboxylic acids is 1. The van der Waals surface area contributed by atoms with Crippen molar-refractivity contribution in [2.45, 2.75) is 26.4 Å². The summed E-state index contributed by atoms with van der Waals surface area (Å²) in [6.45, 7) is 6.86. The number of amides is 1. The number of benzene rings is 1. The zero-order valence-electron chi connectivity index (χ0n) is 10.7. The Hall–Kier alpha value is -0.580. The van der Waals surface area contributed by atoms with Crippen molar-refractivity contribution in [3.63, 3.8) is 0 Å². The first-order valence-electron chi connectivity index (χ1n) is 5.72. The molecule has 0 aromatic heterocycles. The van der Waals surface area contributed by atoms with Gasteiger partial charge in [-0.2, -0.15) is 0 Å². The normalized spacial score (nSPS) is 11.4. The molecule has 0 aliphatic heterocycles. The number of rotatable bonds is 5. The van der Waals surface area contributed by atoms with Gasteiger partial charge in [-0.15, -0.1) is 0 Å². The van der Waals surface area contributed by atoms with Gasteiger partial charge in [0.1, 0.15) is 0 Å². The fraction of sp³-hybridized carbons (Fsp3) is 0.462. The number of carbonyl (C=O) groups is 1. The molecule has 0 aliphatic rings. The number of hydrogen-bond donors (Lipinski definition) is 1. The van der Waals surface area contributed by atoms with E-state index in [1.165, 1.54) is 0 Å². The van der Waals surface area contributed by atoms with Crippen molar-refractivity contribution >= 4 is 33.4 Å². The van der Waals surface area contributed by atoms with Gasteiger partial charge in [0.25, 0.3) is 5.91 Å². The van der Waals surface area contributed by atoms with Crippen LogP contribution >= 0.6 is 27.5 Å². The van der Waals surface area contributed by atoms with Gasteiger partial charge in [-0.1, -0.05) is 27.5 Å². The minimum absolute atomic E-state index is 0.161. The van der Waals surface area contributed by atoms with Crippen molar-refractivity contribution in [2.24, 2.45) is 0 Å². The molecule has 5 heteroatoms. The second-order valence-corrected chi connectivity index (χ2v) is 5.89. The van der Waals surface area contributed by atoms with Gasteiger partial charge in [0.05, 0.1) is 5.60 Å². The molecule has 0 saturated heterocycles. The Morgan fingerprint density at radius 3 is 2.67 bits per heavy atom. The highest BCUT2D eigenvalue weighted by Gasteiger charge is 2.19. The zero-order chi connectivity index (χ0) is 13.8. The highest BCUT2D eigenvalue weighted by molar-refractivity contribution is 9.10. The largest absolute Gasteiger partial charge is 0.374 e. The Labute approximate surface area is 121 Å². The van der Waals surface area contributed by atoms with E-state index in [0.29, 0.717) is 23.7 Å². The molecule has 0 radical (unpaired) electrons. The average molecular weight is 335 g/mol. The van der Waals surface area contributed by atoms with E-state index in [1.807, 2.05) is 20.8 Å². The SMILES string of the molecule is CCOC(C)(C)CNC(=O)c1cc(Cl)cc(Br)c1. The molecule has 0 heterocycles. The lowest BCUT2D eigenvalue weighted by atomic mass is 10.1. The van der Waals surface area contributed by atoms with Crippen molar-refractivity contribution in [1.82, 2.24) is 5.32 Å². The molecule has 100 valence electrons. The van der Waals surface area contributed by atoms with Crippen LogP contribution in [0.3, 0.4) is 0 Å². The number of nitrogens with one attached hydrogen (secondary N) is 1. The maximum absolute atomic E-state index is 12.0. The maximum atomic E-state index is 12.0. The fourth-order valence-electron chi connectivity index (χ4n) is 1.52. The summed E-state index contributed by atoms with van der Waals surface area (Å²) in [6, 6.07) is 5.10. The van der Waals surface area contributed by atoms with Crippen LogP contribution in [0.5, 0.6) is 0 Å². The third kappa shape index (κ3) is 4.96. The van der Waals surface area contributed by atoms with Crippen LogP contribution in [0, 0.1) is 0 Å². The van der Waals surface area contributed by atoms with Crippen LogP contribution in [0.2, 0.25) is 5.02 Å². The van der Waals surface area contributed by atoms with E-state index in [2.05, 4.69) is 21.2 Å². The lowest BCUT2D eigenvalue weighted by molar-refractivity contribution is -0.00815. The molecule has 1 rings (SSSR count). The van der Waals surface area contributed by atoms with E-state index in [9.17, 15) is 4.79 Å². The predicted molar refractivity (Wildman–Crippen MR) is 77.2 cm³/mol. The molecule has 1 amide bonds. The number of halogens is 2. The predicted octanol–water partition coefficient (Wildman–Crippen LogP) is 3.65. The molecule has 0 aliphatic carbocycles. The summed E-state index contributed by atoms with van der Waals surface area (Å²) in [5, 5.41) is 3.36. The molecule has 18 heavy (non-hydrogen) atoms. The standard InChI is InChI=1S/C13H17BrClNO2/c1-4-18-13(2,3)8-16-12(17)9-5-10(14)7-11(15)6-9/h5-7H,4,8H2,1-3H3,(H,16,17). The Bertz CT molecular complexity index is 415. The summed E-state index contributed by atoms with van der Waals surface area (Å²) in [7, 11) is 0. The molecule has 0 unspecified atom stereocenters. The van der Waals surface area contributed by atoms with E-state index >= 15 is 0 Å². The average Bonchev–Trinajstić information content (AvgIpc) is 2.24. The first-order chi connectivity index (χ1) is 8.34. The summed E-state index contributed by atoms with van der Waals surface area (Å²) in [5.41, 5.74) is 0.155. The molecule has 1 aromatic rings. The van der Waals surface area contributed by atoms with Crippen LogP contribution in [0.15, 0.2) is 22.7 Å². The van der Waals surface area contributed by atoms with Crippen molar-refractivity contribution in [3.05, 3.63) is 33.3 Å². The summed E-state index contributed by atoms with van der Waals surface area (Å²) in [5.74, 6) is -0.161. The van der Waals surface area contributed by atoms with Crippen LogP contribution in [0.4, 0.5) is 0 Å². The van der Waals surface area contributed by atoms with Crippen LogP contribution in [-0.4, -0.2) is 24.7 Å². The second-order valence-electron chi connectivity index (χ2n) is 4.53. The van der Waals surface area contributed by atoms with Gasteiger partial charge in [0, 0.05) is 28.2 Å². The minimum atomic E-state index is -0.375. The Morgan fingerprint density at radius 2 is 2.11 bits per heavy atom. The van der Waals surface area contributed by atoms with Gasteiger partial charge in [-0.3, -0.25) is 4.79 Å². The molecular formula is C13H17BrClNO2. The van der Waals surface area contributed by atoms with Crippen molar-refractivity contribution in [2.75, 3.05) is 13.2 Å². The quantitative estimate of drug-likeness (QED) is 0.892. The summed E-state index contributed by atoms with van der Waals surface area (Å²) < 4.78 is 6.29. The summed E-state index contributed by atoms with van der Waals surface area (Å²) in [4.78, 5) is 12.0. The first kappa shape index (κ1) is 15.5. The minimum Gasteiger partial charge on any atom is -0.374 e. The van der Waals surface area contributed by atoms with Crippen molar-refractivity contribution < 1.29 is 9.53 Å². The van der Waals surface area contributed by atoms with Crippen LogP contribution in [0.25, 0.3) is 0 Å². The number of ether oxygens (including phenoxy) is 1. The zero-order valence-corrected chi connectivity index (χ0v) is 13.1. The van der Waals surface area contributed by atoms with Gasteiger partial charge in [0.15, 0.2) is 0 Å².